The van der Waals surface area contributed by atoms with Crippen LogP contribution in [0.2, 0.25) is 0 Å². The molecule has 29 heavy (non-hydrogen) atoms. The van der Waals surface area contributed by atoms with Crippen LogP contribution in [0.15, 0.2) is 79.1 Å². The molecule has 0 saturated heterocycles. The zero-order valence-electron chi connectivity index (χ0n) is 17.4. The Morgan fingerprint density at radius 1 is 1.07 bits per heavy atom. The van der Waals surface area contributed by atoms with Crippen molar-refractivity contribution < 1.29 is 4.79 Å². The molecule has 4 nitrogen and oxygen atoms in total. The minimum atomic E-state index is -0.572. The molecule has 1 amide bonds. The van der Waals surface area contributed by atoms with Gasteiger partial charge in [0.1, 0.15) is 0 Å². The van der Waals surface area contributed by atoms with E-state index in [0.717, 1.165) is 5.56 Å². The predicted molar refractivity (Wildman–Crippen MR) is 119 cm³/mol. The Morgan fingerprint density at radius 3 is 2.59 bits per heavy atom. The van der Waals surface area contributed by atoms with Gasteiger partial charge in [0.15, 0.2) is 0 Å². The maximum Gasteiger partial charge on any atom is 0.229 e. The number of pyridine rings is 1. The van der Waals surface area contributed by atoms with Crippen LogP contribution < -0.4 is 10.6 Å². The molecule has 2 aromatic carbocycles. The number of aromatic nitrogens is 1. The van der Waals surface area contributed by atoms with Crippen molar-refractivity contribution in [2.75, 3.05) is 6.54 Å². The van der Waals surface area contributed by atoms with Gasteiger partial charge in [-0.05, 0) is 54.8 Å². The molecule has 0 aliphatic rings. The first-order valence-corrected chi connectivity index (χ1v) is 10.0. The number of carbonyl (C=O) groups excluding carboxylic acids is 1. The van der Waals surface area contributed by atoms with Gasteiger partial charge in [-0.1, -0.05) is 54.6 Å². The average Bonchev–Trinajstić information content (AvgIpc) is 2.75. The van der Waals surface area contributed by atoms with E-state index < -0.39 is 5.41 Å². The molecule has 1 aromatic heterocycles. The van der Waals surface area contributed by atoms with Crippen LogP contribution in [0.5, 0.6) is 0 Å². The first kappa shape index (κ1) is 20.7. The lowest BCUT2D eigenvalue weighted by atomic mass is 9.91. The highest BCUT2D eigenvalue weighted by molar-refractivity contribution is 5.86. The normalized spacial score (nSPS) is 12.9. The fraction of sp³-hybridized carbons (Fsp3) is 0.280. The van der Waals surface area contributed by atoms with Crippen molar-refractivity contribution in [3.63, 3.8) is 0 Å². The Hall–Kier alpha value is -2.98. The molecule has 0 aliphatic carbocycles. The number of rotatable bonds is 8. The first-order valence-electron chi connectivity index (χ1n) is 10.0. The number of hydrogen-bond donors (Lipinski definition) is 2. The molecule has 0 spiro atoms. The standard InChI is InChI=1S/C25H29N3O/c1-19(22-11-6-9-21-8-4-5-10-23(21)22)27-15-7-14-25(2,3)24(29)28-18-20-12-16-26-17-13-20/h4-14,16-17,19,27H,15,18H2,1-3H3,(H,28,29)/b14-7+/t19-/m1/s1. The summed E-state index contributed by atoms with van der Waals surface area (Å²) in [6.45, 7) is 7.24. The summed E-state index contributed by atoms with van der Waals surface area (Å²) in [7, 11) is 0. The Kier molecular flexibility index (Phi) is 6.78. The molecular weight excluding hydrogens is 358 g/mol. The summed E-state index contributed by atoms with van der Waals surface area (Å²) in [5.74, 6) is 0.00710. The van der Waals surface area contributed by atoms with E-state index in [1.165, 1.54) is 16.3 Å². The molecule has 0 radical (unpaired) electrons. The fourth-order valence-corrected chi connectivity index (χ4v) is 3.32. The third kappa shape index (κ3) is 5.52. The van der Waals surface area contributed by atoms with Crippen LogP contribution in [0.1, 0.15) is 37.9 Å². The molecule has 0 saturated carbocycles. The second-order valence-corrected chi connectivity index (χ2v) is 7.86. The number of benzene rings is 2. The molecule has 4 heteroatoms. The number of carbonyl (C=O) groups is 1. The topological polar surface area (TPSA) is 54.0 Å². The molecule has 3 rings (SSSR count). The van der Waals surface area contributed by atoms with Gasteiger partial charge in [-0.25, -0.2) is 0 Å². The second-order valence-electron chi connectivity index (χ2n) is 7.86. The van der Waals surface area contributed by atoms with Crippen LogP contribution in [0.25, 0.3) is 10.8 Å². The zero-order valence-corrected chi connectivity index (χ0v) is 17.4. The van der Waals surface area contributed by atoms with Gasteiger partial charge in [-0.2, -0.15) is 0 Å². The maximum absolute atomic E-state index is 12.5. The van der Waals surface area contributed by atoms with Gasteiger partial charge in [0.05, 0.1) is 5.41 Å². The van der Waals surface area contributed by atoms with Gasteiger partial charge in [0.2, 0.25) is 5.91 Å². The van der Waals surface area contributed by atoms with Crippen LogP contribution >= 0.6 is 0 Å². The van der Waals surface area contributed by atoms with E-state index in [1.54, 1.807) is 12.4 Å². The van der Waals surface area contributed by atoms with Crippen molar-refractivity contribution in [2.45, 2.75) is 33.4 Å². The molecule has 1 heterocycles. The van der Waals surface area contributed by atoms with Crippen LogP contribution in [-0.2, 0) is 11.3 Å². The Balaban J connectivity index is 1.53. The van der Waals surface area contributed by atoms with E-state index in [4.69, 9.17) is 0 Å². The Bertz CT molecular complexity index is 974. The highest BCUT2D eigenvalue weighted by atomic mass is 16.2. The summed E-state index contributed by atoms with van der Waals surface area (Å²) in [4.78, 5) is 16.5. The summed E-state index contributed by atoms with van der Waals surface area (Å²) in [5, 5.41) is 9.06. The number of nitrogens with one attached hydrogen (secondary N) is 2. The third-order valence-corrected chi connectivity index (χ3v) is 5.15. The monoisotopic (exact) mass is 387 g/mol. The highest BCUT2D eigenvalue weighted by Crippen LogP contribution is 2.24. The maximum atomic E-state index is 12.5. The smallest absolute Gasteiger partial charge is 0.229 e. The van der Waals surface area contributed by atoms with E-state index in [-0.39, 0.29) is 11.9 Å². The first-order chi connectivity index (χ1) is 14.0. The average molecular weight is 388 g/mol. The number of amides is 1. The van der Waals surface area contributed by atoms with Crippen molar-refractivity contribution in [1.29, 1.82) is 0 Å². The van der Waals surface area contributed by atoms with Crippen molar-refractivity contribution >= 4 is 16.7 Å². The summed E-state index contributed by atoms with van der Waals surface area (Å²) < 4.78 is 0. The van der Waals surface area contributed by atoms with E-state index in [1.807, 2.05) is 38.1 Å². The summed E-state index contributed by atoms with van der Waals surface area (Å²) in [6, 6.07) is 18.9. The number of fused-ring (bicyclic) bond motifs is 1. The van der Waals surface area contributed by atoms with Crippen molar-refractivity contribution in [3.8, 4) is 0 Å². The largest absolute Gasteiger partial charge is 0.351 e. The molecule has 3 aromatic rings. The van der Waals surface area contributed by atoms with E-state index in [0.29, 0.717) is 13.1 Å². The Morgan fingerprint density at radius 2 is 1.79 bits per heavy atom. The van der Waals surface area contributed by atoms with Gasteiger partial charge >= 0.3 is 0 Å². The van der Waals surface area contributed by atoms with Crippen LogP contribution in [0.3, 0.4) is 0 Å². The van der Waals surface area contributed by atoms with E-state index in [9.17, 15) is 4.79 Å². The number of nitrogens with zero attached hydrogens (tertiary/aromatic N) is 1. The van der Waals surface area contributed by atoms with Gasteiger partial charge < -0.3 is 10.6 Å². The van der Waals surface area contributed by atoms with Crippen molar-refractivity contribution in [1.82, 2.24) is 15.6 Å². The van der Waals surface area contributed by atoms with E-state index in [2.05, 4.69) is 65.0 Å². The van der Waals surface area contributed by atoms with Crippen LogP contribution in [-0.4, -0.2) is 17.4 Å². The minimum absolute atomic E-state index is 0.00710. The minimum Gasteiger partial charge on any atom is -0.351 e. The van der Waals surface area contributed by atoms with Gasteiger partial charge in [0, 0.05) is 31.5 Å². The summed E-state index contributed by atoms with van der Waals surface area (Å²) in [5.41, 5.74) is 1.75. The number of hydrogen-bond acceptors (Lipinski definition) is 3. The molecule has 0 unspecified atom stereocenters. The molecule has 2 N–H and O–H groups in total. The SMILES string of the molecule is C[C@@H](NC/C=C/C(C)(C)C(=O)NCc1ccncc1)c1cccc2ccccc12. The third-order valence-electron chi connectivity index (χ3n) is 5.15. The fourth-order valence-electron chi connectivity index (χ4n) is 3.32. The van der Waals surface area contributed by atoms with Gasteiger partial charge in [-0.3, -0.25) is 9.78 Å². The predicted octanol–water partition coefficient (Wildman–Crippen LogP) is 4.78. The molecule has 150 valence electrons. The molecule has 1 atom stereocenters. The zero-order chi connectivity index (χ0) is 20.7. The summed E-state index contributed by atoms with van der Waals surface area (Å²) >= 11 is 0. The quantitative estimate of drug-likeness (QED) is 0.547. The lowest BCUT2D eigenvalue weighted by Gasteiger charge is -2.20. The van der Waals surface area contributed by atoms with Gasteiger partial charge in [-0.15, -0.1) is 0 Å². The van der Waals surface area contributed by atoms with Crippen molar-refractivity contribution in [3.05, 3.63) is 90.3 Å². The lowest BCUT2D eigenvalue weighted by molar-refractivity contribution is -0.127. The van der Waals surface area contributed by atoms with E-state index >= 15 is 0 Å². The van der Waals surface area contributed by atoms with Crippen molar-refractivity contribution in [2.24, 2.45) is 5.41 Å². The Labute approximate surface area is 173 Å². The highest BCUT2D eigenvalue weighted by Gasteiger charge is 2.23. The molecular formula is C25H29N3O. The second kappa shape index (κ2) is 9.48. The van der Waals surface area contributed by atoms with Crippen LogP contribution in [0, 0.1) is 5.41 Å². The molecule has 0 fully saturated rings. The molecule has 0 aliphatic heterocycles. The van der Waals surface area contributed by atoms with Gasteiger partial charge in [0.25, 0.3) is 0 Å². The summed E-state index contributed by atoms with van der Waals surface area (Å²) in [6.07, 6.45) is 7.47. The van der Waals surface area contributed by atoms with Crippen LogP contribution in [0.4, 0.5) is 0 Å². The lowest BCUT2D eigenvalue weighted by Crippen LogP contribution is -2.35. The molecule has 0 bridgehead atoms.